The van der Waals surface area contributed by atoms with E-state index in [9.17, 15) is 9.59 Å². The van der Waals surface area contributed by atoms with Crippen LogP contribution in [0.25, 0.3) is 0 Å². The number of likely N-dealkylation sites (tertiary alicyclic amines) is 1. The number of piperidine rings is 1. The van der Waals surface area contributed by atoms with Crippen LogP contribution in [0, 0.1) is 0 Å². The quantitative estimate of drug-likeness (QED) is 0.819. The number of likely N-dealkylation sites (N-methyl/N-ethyl adjacent to an activating group) is 1. The van der Waals surface area contributed by atoms with Crippen molar-refractivity contribution in [1.29, 1.82) is 0 Å². The molecule has 3 heterocycles. The van der Waals surface area contributed by atoms with Crippen LogP contribution in [-0.2, 0) is 9.59 Å². The van der Waals surface area contributed by atoms with Crippen molar-refractivity contribution in [2.24, 2.45) is 0 Å². The van der Waals surface area contributed by atoms with Crippen molar-refractivity contribution in [2.75, 3.05) is 52.9 Å². The van der Waals surface area contributed by atoms with Gasteiger partial charge in [-0.3, -0.25) is 19.4 Å². The summed E-state index contributed by atoms with van der Waals surface area (Å²) in [5.41, 5.74) is 0. The third-order valence-corrected chi connectivity index (χ3v) is 5.10. The topological polar surface area (TPSA) is 69.0 Å². The molecule has 0 unspecified atom stereocenters. The number of hydrogen-bond donors (Lipinski definition) is 1. The fourth-order valence-corrected chi connectivity index (χ4v) is 3.53. The van der Waals surface area contributed by atoms with Crippen LogP contribution in [0.1, 0.15) is 31.1 Å². The molecule has 1 atom stereocenters. The van der Waals surface area contributed by atoms with Crippen molar-refractivity contribution in [3.63, 3.8) is 0 Å². The van der Waals surface area contributed by atoms with E-state index in [2.05, 4.69) is 10.2 Å². The number of furan rings is 1. The maximum absolute atomic E-state index is 12.3. The first-order valence-electron chi connectivity index (χ1n) is 9.14. The number of nitrogens with zero attached hydrogens (tertiary/aromatic N) is 3. The van der Waals surface area contributed by atoms with E-state index in [1.165, 1.54) is 19.3 Å². The molecule has 2 saturated heterocycles. The molecule has 3 rings (SSSR count). The van der Waals surface area contributed by atoms with Crippen LogP contribution in [0.4, 0.5) is 0 Å². The molecule has 1 aromatic rings. The number of carbonyl (C=O) groups is 2. The van der Waals surface area contributed by atoms with E-state index in [0.717, 1.165) is 25.4 Å². The zero-order chi connectivity index (χ0) is 17.6. The van der Waals surface area contributed by atoms with Crippen molar-refractivity contribution < 1.29 is 14.0 Å². The lowest BCUT2D eigenvalue weighted by Gasteiger charge is -2.34. The van der Waals surface area contributed by atoms with Crippen molar-refractivity contribution in [1.82, 2.24) is 20.0 Å². The molecule has 138 valence electrons. The van der Waals surface area contributed by atoms with Crippen LogP contribution in [-0.4, -0.2) is 79.4 Å². The van der Waals surface area contributed by atoms with E-state index in [0.29, 0.717) is 19.6 Å². The summed E-state index contributed by atoms with van der Waals surface area (Å²) in [6.07, 6.45) is 5.33. The highest BCUT2D eigenvalue weighted by molar-refractivity contribution is 5.81. The van der Waals surface area contributed by atoms with Gasteiger partial charge in [0.2, 0.25) is 11.8 Å². The summed E-state index contributed by atoms with van der Waals surface area (Å²) >= 11 is 0. The monoisotopic (exact) mass is 348 g/mol. The van der Waals surface area contributed by atoms with Crippen LogP contribution in [0.5, 0.6) is 0 Å². The van der Waals surface area contributed by atoms with Gasteiger partial charge >= 0.3 is 0 Å². The van der Waals surface area contributed by atoms with E-state index in [-0.39, 0.29) is 24.4 Å². The first-order chi connectivity index (χ1) is 12.1. The Morgan fingerprint density at radius 1 is 1.24 bits per heavy atom. The largest absolute Gasteiger partial charge is 0.468 e. The Labute approximate surface area is 148 Å². The van der Waals surface area contributed by atoms with Gasteiger partial charge in [-0.05, 0) is 38.1 Å². The molecule has 7 nitrogen and oxygen atoms in total. The number of rotatable bonds is 6. The predicted octanol–water partition coefficient (Wildman–Crippen LogP) is 0.697. The average molecular weight is 348 g/mol. The smallest absolute Gasteiger partial charge is 0.236 e. The van der Waals surface area contributed by atoms with Crippen molar-refractivity contribution in [2.45, 2.75) is 25.3 Å². The SMILES string of the molecule is CN1CCN(CC(=O)NC[C@H](c2ccco2)N2CCCCC2)CC1=O. The molecular formula is C18H28N4O3. The zero-order valence-electron chi connectivity index (χ0n) is 14.9. The van der Waals surface area contributed by atoms with Gasteiger partial charge in [0, 0.05) is 26.7 Å². The molecule has 0 aromatic carbocycles. The lowest BCUT2D eigenvalue weighted by molar-refractivity contribution is -0.135. The lowest BCUT2D eigenvalue weighted by atomic mass is 10.1. The van der Waals surface area contributed by atoms with Crippen molar-refractivity contribution in [3.8, 4) is 0 Å². The summed E-state index contributed by atoms with van der Waals surface area (Å²) in [6, 6.07) is 3.95. The van der Waals surface area contributed by atoms with Gasteiger partial charge in [-0.25, -0.2) is 0 Å². The van der Waals surface area contributed by atoms with Gasteiger partial charge in [0.15, 0.2) is 0 Å². The second kappa shape index (κ2) is 8.49. The van der Waals surface area contributed by atoms with Gasteiger partial charge in [0.25, 0.3) is 0 Å². The Morgan fingerprint density at radius 3 is 2.72 bits per heavy atom. The summed E-state index contributed by atoms with van der Waals surface area (Å²) in [7, 11) is 1.80. The third-order valence-electron chi connectivity index (χ3n) is 5.10. The maximum Gasteiger partial charge on any atom is 0.236 e. The minimum atomic E-state index is -0.0362. The third kappa shape index (κ3) is 4.83. The zero-order valence-corrected chi connectivity index (χ0v) is 14.9. The predicted molar refractivity (Wildman–Crippen MR) is 94.0 cm³/mol. The Bertz CT molecular complexity index is 569. The van der Waals surface area contributed by atoms with E-state index in [4.69, 9.17) is 4.42 Å². The van der Waals surface area contributed by atoms with Gasteiger partial charge in [-0.1, -0.05) is 6.42 Å². The summed E-state index contributed by atoms with van der Waals surface area (Å²) in [4.78, 5) is 30.1. The number of nitrogens with one attached hydrogen (secondary N) is 1. The van der Waals surface area contributed by atoms with Crippen LogP contribution in [0.15, 0.2) is 22.8 Å². The van der Waals surface area contributed by atoms with E-state index in [1.807, 2.05) is 17.0 Å². The molecule has 1 N–H and O–H groups in total. The molecule has 0 saturated carbocycles. The standard InChI is InChI=1S/C18H28N4O3/c1-20-9-10-21(14-18(20)24)13-17(23)19-12-15(16-6-5-11-25-16)22-7-3-2-4-8-22/h5-6,11,15H,2-4,7-10,12-14H2,1H3,(H,19,23)/t15-/m1/s1. The second-order valence-electron chi connectivity index (χ2n) is 6.96. The van der Waals surface area contributed by atoms with Crippen LogP contribution in [0.3, 0.4) is 0 Å². The Kier molecular flexibility index (Phi) is 6.09. The van der Waals surface area contributed by atoms with Gasteiger partial charge in [-0.2, -0.15) is 0 Å². The van der Waals surface area contributed by atoms with Gasteiger partial charge in [0.1, 0.15) is 5.76 Å². The first kappa shape index (κ1) is 17.9. The maximum atomic E-state index is 12.3. The Morgan fingerprint density at radius 2 is 2.04 bits per heavy atom. The van der Waals surface area contributed by atoms with E-state index >= 15 is 0 Å². The molecule has 7 heteroatoms. The molecule has 2 fully saturated rings. The normalized spacial score (nSPS) is 21.3. The number of amides is 2. The van der Waals surface area contributed by atoms with Crippen molar-refractivity contribution >= 4 is 11.8 Å². The number of hydrogen-bond acceptors (Lipinski definition) is 5. The fraction of sp³-hybridized carbons (Fsp3) is 0.667. The first-order valence-corrected chi connectivity index (χ1v) is 9.14. The van der Waals surface area contributed by atoms with E-state index < -0.39 is 0 Å². The molecule has 0 radical (unpaired) electrons. The molecule has 2 aliphatic rings. The van der Waals surface area contributed by atoms with Gasteiger partial charge in [-0.15, -0.1) is 0 Å². The summed E-state index contributed by atoms with van der Waals surface area (Å²) in [5.74, 6) is 0.934. The summed E-state index contributed by atoms with van der Waals surface area (Å²) in [6.45, 7) is 4.61. The minimum absolute atomic E-state index is 0.0362. The Balaban J connectivity index is 1.52. The van der Waals surface area contributed by atoms with Gasteiger partial charge < -0.3 is 14.6 Å². The highest BCUT2D eigenvalue weighted by Crippen LogP contribution is 2.24. The molecular weight excluding hydrogens is 320 g/mol. The fourth-order valence-electron chi connectivity index (χ4n) is 3.53. The average Bonchev–Trinajstić information content (AvgIpc) is 3.14. The number of piperazine rings is 1. The summed E-state index contributed by atoms with van der Waals surface area (Å²) < 4.78 is 5.60. The minimum Gasteiger partial charge on any atom is -0.468 e. The molecule has 2 aliphatic heterocycles. The van der Waals surface area contributed by atoms with Crippen molar-refractivity contribution in [3.05, 3.63) is 24.2 Å². The highest BCUT2D eigenvalue weighted by Gasteiger charge is 2.26. The molecule has 0 bridgehead atoms. The second-order valence-corrected chi connectivity index (χ2v) is 6.96. The highest BCUT2D eigenvalue weighted by atomic mass is 16.3. The lowest BCUT2D eigenvalue weighted by Crippen LogP contribution is -2.51. The Hall–Kier alpha value is -1.86. The molecule has 25 heavy (non-hydrogen) atoms. The van der Waals surface area contributed by atoms with Crippen LogP contribution in [0.2, 0.25) is 0 Å². The van der Waals surface area contributed by atoms with Gasteiger partial charge in [0.05, 0.1) is 25.4 Å². The van der Waals surface area contributed by atoms with Crippen LogP contribution < -0.4 is 5.32 Å². The van der Waals surface area contributed by atoms with Crippen LogP contribution >= 0.6 is 0 Å². The molecule has 0 aliphatic carbocycles. The molecule has 0 spiro atoms. The number of carbonyl (C=O) groups excluding carboxylic acids is 2. The molecule has 1 aromatic heterocycles. The summed E-state index contributed by atoms with van der Waals surface area (Å²) in [5, 5.41) is 3.03. The molecule has 2 amide bonds. The van der Waals surface area contributed by atoms with E-state index in [1.54, 1.807) is 18.2 Å².